The number of halogens is 3. The van der Waals surface area contributed by atoms with E-state index in [1.165, 1.54) is 45.3 Å². The van der Waals surface area contributed by atoms with Crippen molar-refractivity contribution in [1.29, 1.82) is 0 Å². The number of nitrogens with zero attached hydrogens (tertiary/aromatic N) is 5. The fourth-order valence-corrected chi connectivity index (χ4v) is 8.05. The highest BCUT2D eigenvalue weighted by atomic mass is 32.2. The maximum atomic E-state index is 13.6. The van der Waals surface area contributed by atoms with Gasteiger partial charge in [0.1, 0.15) is 0 Å². The van der Waals surface area contributed by atoms with Crippen molar-refractivity contribution < 1.29 is 31.2 Å². The number of sulfonamides is 1. The van der Waals surface area contributed by atoms with Crippen LogP contribution in [0.3, 0.4) is 0 Å². The lowest BCUT2D eigenvalue weighted by molar-refractivity contribution is -0.137. The molecule has 0 spiro atoms. The summed E-state index contributed by atoms with van der Waals surface area (Å²) in [5.74, 6) is -0.616. The number of piperidine rings is 1. The van der Waals surface area contributed by atoms with Gasteiger partial charge in [-0.1, -0.05) is 42.4 Å². The lowest BCUT2D eigenvalue weighted by Crippen LogP contribution is -2.35. The number of aromatic nitrogens is 3. The van der Waals surface area contributed by atoms with Crippen molar-refractivity contribution in [3.8, 4) is 5.69 Å². The number of amides is 2. The smallest absolute Gasteiger partial charge is 0.345 e. The van der Waals surface area contributed by atoms with E-state index >= 15 is 0 Å². The predicted octanol–water partition coefficient (Wildman–Crippen LogP) is 5.07. The largest absolute Gasteiger partial charge is 0.416 e. The van der Waals surface area contributed by atoms with E-state index < -0.39 is 27.7 Å². The average Bonchev–Trinajstić information content (AvgIpc) is 3.70. The van der Waals surface area contributed by atoms with Crippen LogP contribution in [-0.2, 0) is 34.0 Å². The van der Waals surface area contributed by atoms with E-state index in [0.29, 0.717) is 19.6 Å². The summed E-state index contributed by atoms with van der Waals surface area (Å²) in [6.07, 6.45) is -1.28. The molecule has 1 saturated heterocycles. The number of anilines is 1. The Labute approximate surface area is 274 Å². The molecule has 0 aliphatic carbocycles. The van der Waals surface area contributed by atoms with Crippen LogP contribution in [0.25, 0.3) is 5.69 Å². The van der Waals surface area contributed by atoms with Gasteiger partial charge in [-0.05, 0) is 73.4 Å². The first-order valence-corrected chi connectivity index (χ1v) is 17.5. The first-order valence-electron chi connectivity index (χ1n) is 15.0. The van der Waals surface area contributed by atoms with Gasteiger partial charge in [-0.25, -0.2) is 8.42 Å². The van der Waals surface area contributed by atoms with Crippen LogP contribution in [0.4, 0.5) is 18.9 Å². The van der Waals surface area contributed by atoms with Crippen molar-refractivity contribution in [3.63, 3.8) is 0 Å². The van der Waals surface area contributed by atoms with Crippen LogP contribution in [0.2, 0.25) is 0 Å². The monoisotopic (exact) mass is 684 g/mol. The van der Waals surface area contributed by atoms with Crippen molar-refractivity contribution in [2.75, 3.05) is 30.3 Å². The Kier molecular flexibility index (Phi) is 9.39. The standard InChI is InChI=1S/C32H31F3N6O4S2/c33-32(34,35)24-8-6-9-25(19-24)41-28(37-38-31(41)46-21-29(42)40-18-15-22-7-2-3-10-27(22)40)20-36-30(43)23-11-13-26(14-12-23)47(44,45)39-16-4-1-5-17-39/h2-3,6-14,19H,1,4-5,15-18,20-21H2,(H,36,43). The fraction of sp³-hybridized carbons (Fsp3) is 0.312. The summed E-state index contributed by atoms with van der Waals surface area (Å²) < 4.78 is 69.6. The van der Waals surface area contributed by atoms with Crippen molar-refractivity contribution >= 4 is 39.3 Å². The molecule has 2 aliphatic rings. The van der Waals surface area contributed by atoms with Gasteiger partial charge in [0.05, 0.1) is 28.4 Å². The highest BCUT2D eigenvalue weighted by Gasteiger charge is 2.32. The summed E-state index contributed by atoms with van der Waals surface area (Å²) >= 11 is 1.04. The molecule has 246 valence electrons. The summed E-state index contributed by atoms with van der Waals surface area (Å²) in [6.45, 7) is 1.24. The molecule has 47 heavy (non-hydrogen) atoms. The SMILES string of the molecule is O=C(NCc1nnc(SCC(=O)N2CCc3ccccc32)n1-c1cccc(C(F)(F)F)c1)c1ccc(S(=O)(=O)N2CCCCC2)cc1. The van der Waals surface area contributed by atoms with Gasteiger partial charge >= 0.3 is 6.18 Å². The molecule has 2 amide bonds. The molecule has 0 radical (unpaired) electrons. The number of rotatable bonds is 9. The fourth-order valence-electron chi connectivity index (χ4n) is 5.68. The number of carbonyl (C=O) groups excluding carboxylic acids is 2. The average molecular weight is 685 g/mol. The number of thioether (sulfide) groups is 1. The Morgan fingerprint density at radius 2 is 1.64 bits per heavy atom. The van der Waals surface area contributed by atoms with Gasteiger partial charge in [0, 0.05) is 30.9 Å². The zero-order valence-corrected chi connectivity index (χ0v) is 26.7. The molecule has 3 heterocycles. The summed E-state index contributed by atoms with van der Waals surface area (Å²) in [5.41, 5.74) is 1.33. The molecule has 0 unspecified atom stereocenters. The molecular formula is C32H31F3N6O4S2. The van der Waals surface area contributed by atoms with E-state index in [9.17, 15) is 31.2 Å². The van der Waals surface area contributed by atoms with Crippen LogP contribution in [-0.4, -0.2) is 64.7 Å². The van der Waals surface area contributed by atoms with E-state index in [-0.39, 0.29) is 45.3 Å². The van der Waals surface area contributed by atoms with Crippen LogP contribution in [0.5, 0.6) is 0 Å². The normalized spacial score (nSPS) is 15.4. The lowest BCUT2D eigenvalue weighted by atomic mass is 10.2. The second kappa shape index (κ2) is 13.5. The molecule has 10 nitrogen and oxygen atoms in total. The molecule has 1 aromatic heterocycles. The molecule has 1 N–H and O–H groups in total. The van der Waals surface area contributed by atoms with Crippen molar-refractivity contribution in [3.05, 3.63) is 95.3 Å². The van der Waals surface area contributed by atoms with Gasteiger partial charge in [0.25, 0.3) is 5.91 Å². The molecule has 1 fully saturated rings. The van der Waals surface area contributed by atoms with Crippen molar-refractivity contribution in [1.82, 2.24) is 24.4 Å². The number of hydrogen-bond acceptors (Lipinski definition) is 7. The van der Waals surface area contributed by atoms with Gasteiger partial charge in [-0.3, -0.25) is 14.2 Å². The Morgan fingerprint density at radius 1 is 0.894 bits per heavy atom. The van der Waals surface area contributed by atoms with Crippen LogP contribution in [0, 0.1) is 0 Å². The molecule has 0 atom stereocenters. The summed E-state index contributed by atoms with van der Waals surface area (Å²) in [5, 5.41) is 11.2. The molecule has 0 bridgehead atoms. The number of benzene rings is 3. The first kappa shape index (κ1) is 32.7. The third-order valence-electron chi connectivity index (χ3n) is 8.12. The molecule has 0 saturated carbocycles. The van der Waals surface area contributed by atoms with E-state index in [1.807, 2.05) is 24.3 Å². The number of fused-ring (bicyclic) bond motifs is 1. The number of hydrogen-bond donors (Lipinski definition) is 1. The third-order valence-corrected chi connectivity index (χ3v) is 10.9. The number of nitrogens with one attached hydrogen (secondary N) is 1. The van der Waals surface area contributed by atoms with Crippen LogP contribution < -0.4 is 10.2 Å². The van der Waals surface area contributed by atoms with Gasteiger partial charge in [0.2, 0.25) is 15.9 Å². The second-order valence-corrected chi connectivity index (χ2v) is 14.0. The maximum Gasteiger partial charge on any atom is 0.416 e. The highest BCUT2D eigenvalue weighted by Crippen LogP contribution is 2.33. The lowest BCUT2D eigenvalue weighted by Gasteiger charge is -2.25. The maximum absolute atomic E-state index is 13.6. The van der Waals surface area contributed by atoms with E-state index in [1.54, 1.807) is 4.90 Å². The second-order valence-electron chi connectivity index (χ2n) is 11.2. The van der Waals surface area contributed by atoms with Crippen LogP contribution in [0.15, 0.2) is 82.8 Å². The molecule has 15 heteroatoms. The van der Waals surface area contributed by atoms with E-state index in [0.717, 1.165) is 60.8 Å². The quantitative estimate of drug-likeness (QED) is 0.245. The third kappa shape index (κ3) is 7.06. The number of alkyl halides is 3. The first-order chi connectivity index (χ1) is 22.5. The Hall–Kier alpha value is -4.21. The number of para-hydroxylation sites is 1. The van der Waals surface area contributed by atoms with E-state index in [4.69, 9.17) is 0 Å². The Bertz CT molecular complexity index is 1890. The minimum atomic E-state index is -4.60. The van der Waals surface area contributed by atoms with Crippen molar-refractivity contribution in [2.24, 2.45) is 0 Å². The molecule has 3 aromatic carbocycles. The minimum absolute atomic E-state index is 0.0372. The minimum Gasteiger partial charge on any atom is -0.345 e. The van der Waals surface area contributed by atoms with Crippen molar-refractivity contribution in [2.45, 2.75) is 48.5 Å². The zero-order valence-electron chi connectivity index (χ0n) is 25.1. The summed E-state index contributed by atoms with van der Waals surface area (Å²) in [4.78, 5) is 28.0. The molecule has 2 aliphatic heterocycles. The molecule has 4 aromatic rings. The Balaban J connectivity index is 1.20. The predicted molar refractivity (Wildman–Crippen MR) is 170 cm³/mol. The summed E-state index contributed by atoms with van der Waals surface area (Å²) in [6, 6.07) is 17.8. The van der Waals surface area contributed by atoms with Crippen LogP contribution >= 0.6 is 11.8 Å². The van der Waals surface area contributed by atoms with Gasteiger partial charge < -0.3 is 10.2 Å². The van der Waals surface area contributed by atoms with Gasteiger partial charge in [0.15, 0.2) is 11.0 Å². The zero-order chi connectivity index (χ0) is 33.2. The Morgan fingerprint density at radius 3 is 2.38 bits per heavy atom. The number of carbonyl (C=O) groups is 2. The topological polar surface area (TPSA) is 117 Å². The van der Waals surface area contributed by atoms with Crippen LogP contribution in [0.1, 0.15) is 46.6 Å². The molecular weight excluding hydrogens is 654 g/mol. The highest BCUT2D eigenvalue weighted by molar-refractivity contribution is 7.99. The molecule has 6 rings (SSSR count). The van der Waals surface area contributed by atoms with Gasteiger partial charge in [-0.2, -0.15) is 17.5 Å². The van der Waals surface area contributed by atoms with Gasteiger partial charge in [-0.15, -0.1) is 10.2 Å². The van der Waals surface area contributed by atoms with E-state index in [2.05, 4.69) is 15.5 Å². The summed E-state index contributed by atoms with van der Waals surface area (Å²) in [7, 11) is -3.67.